The van der Waals surface area contributed by atoms with Crippen LogP contribution >= 0.6 is 0 Å². The Morgan fingerprint density at radius 2 is 1.78 bits per heavy atom. The molecule has 2 aliphatic rings. The second-order valence-electron chi connectivity index (χ2n) is 5.61. The SMILES string of the molecule is Cc1cc2c(cc1C1(C(C)N)CC1)OCCCO2. The summed E-state index contributed by atoms with van der Waals surface area (Å²) in [5.41, 5.74) is 8.96. The van der Waals surface area contributed by atoms with Gasteiger partial charge in [-0.05, 0) is 49.9 Å². The van der Waals surface area contributed by atoms with Crippen molar-refractivity contribution in [3.8, 4) is 11.5 Å². The summed E-state index contributed by atoms with van der Waals surface area (Å²) in [4.78, 5) is 0. The van der Waals surface area contributed by atoms with Crippen LogP contribution in [0.4, 0.5) is 0 Å². The molecular weight excluding hydrogens is 226 g/mol. The minimum Gasteiger partial charge on any atom is -0.490 e. The van der Waals surface area contributed by atoms with Gasteiger partial charge < -0.3 is 15.2 Å². The fourth-order valence-electron chi connectivity index (χ4n) is 2.95. The van der Waals surface area contributed by atoms with Gasteiger partial charge in [0, 0.05) is 17.9 Å². The van der Waals surface area contributed by atoms with Crippen molar-refractivity contribution in [1.82, 2.24) is 0 Å². The molecule has 0 radical (unpaired) electrons. The quantitative estimate of drug-likeness (QED) is 0.873. The summed E-state index contributed by atoms with van der Waals surface area (Å²) in [7, 11) is 0. The molecule has 0 bridgehead atoms. The first-order valence-electron chi connectivity index (χ1n) is 6.80. The summed E-state index contributed by atoms with van der Waals surface area (Å²) in [5.74, 6) is 1.77. The molecule has 1 aromatic rings. The van der Waals surface area contributed by atoms with Crippen LogP contribution in [0.5, 0.6) is 11.5 Å². The molecule has 2 N–H and O–H groups in total. The van der Waals surface area contributed by atoms with E-state index in [1.807, 2.05) is 0 Å². The maximum atomic E-state index is 6.17. The maximum absolute atomic E-state index is 6.17. The van der Waals surface area contributed by atoms with Gasteiger partial charge in [0.25, 0.3) is 0 Å². The Morgan fingerprint density at radius 3 is 2.33 bits per heavy atom. The summed E-state index contributed by atoms with van der Waals surface area (Å²) in [5, 5.41) is 0. The zero-order valence-corrected chi connectivity index (χ0v) is 11.2. The predicted octanol–water partition coefficient (Wildman–Crippen LogP) is 2.54. The van der Waals surface area contributed by atoms with Crippen LogP contribution in [0, 0.1) is 6.92 Å². The zero-order valence-electron chi connectivity index (χ0n) is 11.2. The lowest BCUT2D eigenvalue weighted by molar-refractivity contribution is 0.297. The highest BCUT2D eigenvalue weighted by molar-refractivity contribution is 5.52. The van der Waals surface area contributed by atoms with Gasteiger partial charge in [-0.3, -0.25) is 0 Å². The van der Waals surface area contributed by atoms with Crippen molar-refractivity contribution in [3.63, 3.8) is 0 Å². The number of hydrogen-bond donors (Lipinski definition) is 1. The van der Waals surface area contributed by atoms with E-state index in [-0.39, 0.29) is 11.5 Å². The van der Waals surface area contributed by atoms with Crippen LogP contribution in [0.3, 0.4) is 0 Å². The van der Waals surface area contributed by atoms with E-state index in [0.29, 0.717) is 0 Å². The van der Waals surface area contributed by atoms with Gasteiger partial charge in [-0.2, -0.15) is 0 Å². The normalized spacial score (nSPS) is 22.2. The molecule has 1 heterocycles. The Kier molecular flexibility index (Phi) is 2.74. The van der Waals surface area contributed by atoms with E-state index >= 15 is 0 Å². The lowest BCUT2D eigenvalue weighted by Crippen LogP contribution is -2.32. The molecule has 1 aromatic carbocycles. The van der Waals surface area contributed by atoms with E-state index in [1.165, 1.54) is 24.0 Å². The Morgan fingerprint density at radius 1 is 1.17 bits per heavy atom. The van der Waals surface area contributed by atoms with Crippen molar-refractivity contribution in [2.24, 2.45) is 5.73 Å². The Hall–Kier alpha value is -1.22. The minimum absolute atomic E-state index is 0.175. The monoisotopic (exact) mass is 247 g/mol. The number of ether oxygens (including phenoxy) is 2. The smallest absolute Gasteiger partial charge is 0.161 e. The number of rotatable bonds is 2. The highest BCUT2D eigenvalue weighted by Gasteiger charge is 2.48. The fourth-order valence-corrected chi connectivity index (χ4v) is 2.95. The van der Waals surface area contributed by atoms with Gasteiger partial charge in [-0.15, -0.1) is 0 Å². The lowest BCUT2D eigenvalue weighted by atomic mass is 9.86. The Balaban J connectivity index is 2.04. The van der Waals surface area contributed by atoms with Crippen molar-refractivity contribution in [1.29, 1.82) is 0 Å². The summed E-state index contributed by atoms with van der Waals surface area (Å²) >= 11 is 0. The van der Waals surface area contributed by atoms with E-state index in [2.05, 4.69) is 26.0 Å². The second-order valence-corrected chi connectivity index (χ2v) is 5.61. The molecule has 0 saturated heterocycles. The molecule has 3 rings (SSSR count). The first-order valence-corrected chi connectivity index (χ1v) is 6.80. The van der Waals surface area contributed by atoms with Gasteiger partial charge in [0.05, 0.1) is 13.2 Å². The van der Waals surface area contributed by atoms with Crippen LogP contribution in [-0.2, 0) is 5.41 Å². The van der Waals surface area contributed by atoms with Gasteiger partial charge in [0.15, 0.2) is 11.5 Å². The molecule has 1 unspecified atom stereocenters. The average molecular weight is 247 g/mol. The van der Waals surface area contributed by atoms with Crippen LogP contribution in [0.25, 0.3) is 0 Å². The van der Waals surface area contributed by atoms with E-state index in [0.717, 1.165) is 31.1 Å². The van der Waals surface area contributed by atoms with Crippen molar-refractivity contribution < 1.29 is 9.47 Å². The molecule has 1 aliphatic heterocycles. The summed E-state index contributed by atoms with van der Waals surface area (Å²) in [6.07, 6.45) is 3.32. The fraction of sp³-hybridized carbons (Fsp3) is 0.600. The molecule has 0 aromatic heterocycles. The lowest BCUT2D eigenvalue weighted by Gasteiger charge is -2.23. The first kappa shape index (κ1) is 11.8. The van der Waals surface area contributed by atoms with Gasteiger partial charge in [-0.1, -0.05) is 0 Å². The van der Waals surface area contributed by atoms with Crippen molar-refractivity contribution in [2.45, 2.75) is 44.6 Å². The molecule has 18 heavy (non-hydrogen) atoms. The van der Waals surface area contributed by atoms with Crippen LogP contribution < -0.4 is 15.2 Å². The second kappa shape index (κ2) is 4.16. The highest BCUT2D eigenvalue weighted by Crippen LogP contribution is 2.53. The average Bonchev–Trinajstić information content (AvgIpc) is 3.12. The molecule has 0 spiro atoms. The van der Waals surface area contributed by atoms with E-state index in [4.69, 9.17) is 15.2 Å². The molecule has 98 valence electrons. The number of aryl methyl sites for hydroxylation is 1. The summed E-state index contributed by atoms with van der Waals surface area (Å²) < 4.78 is 11.5. The van der Waals surface area contributed by atoms with Gasteiger partial charge >= 0.3 is 0 Å². The van der Waals surface area contributed by atoms with Crippen LogP contribution in [0.15, 0.2) is 12.1 Å². The number of hydrogen-bond acceptors (Lipinski definition) is 3. The predicted molar refractivity (Wildman–Crippen MR) is 71.3 cm³/mol. The molecule has 1 aliphatic carbocycles. The van der Waals surface area contributed by atoms with E-state index < -0.39 is 0 Å². The van der Waals surface area contributed by atoms with Gasteiger partial charge in [0.1, 0.15) is 0 Å². The molecule has 1 saturated carbocycles. The highest BCUT2D eigenvalue weighted by atomic mass is 16.5. The third-order valence-electron chi connectivity index (χ3n) is 4.29. The number of fused-ring (bicyclic) bond motifs is 1. The Bertz CT molecular complexity index is 464. The van der Waals surface area contributed by atoms with E-state index in [1.54, 1.807) is 0 Å². The third kappa shape index (κ3) is 1.77. The van der Waals surface area contributed by atoms with Crippen LogP contribution in [-0.4, -0.2) is 19.3 Å². The molecule has 3 nitrogen and oxygen atoms in total. The van der Waals surface area contributed by atoms with Crippen molar-refractivity contribution in [2.75, 3.05) is 13.2 Å². The largest absolute Gasteiger partial charge is 0.490 e. The summed E-state index contributed by atoms with van der Waals surface area (Å²) in [6.45, 7) is 5.73. The van der Waals surface area contributed by atoms with Crippen molar-refractivity contribution in [3.05, 3.63) is 23.3 Å². The maximum Gasteiger partial charge on any atom is 0.161 e. The van der Waals surface area contributed by atoms with Crippen LogP contribution in [0.2, 0.25) is 0 Å². The van der Waals surface area contributed by atoms with Crippen LogP contribution in [0.1, 0.15) is 37.3 Å². The topological polar surface area (TPSA) is 44.5 Å². The minimum atomic E-state index is 0.175. The molecular formula is C15H21NO2. The van der Waals surface area contributed by atoms with Gasteiger partial charge in [0.2, 0.25) is 0 Å². The van der Waals surface area contributed by atoms with Crippen molar-refractivity contribution >= 4 is 0 Å². The molecule has 1 atom stereocenters. The zero-order chi connectivity index (χ0) is 12.8. The molecule has 3 heteroatoms. The standard InChI is InChI=1S/C15H21NO2/c1-10-8-13-14(18-7-3-6-17-13)9-12(10)15(4-5-15)11(2)16/h8-9,11H,3-7,16H2,1-2H3. The third-order valence-corrected chi connectivity index (χ3v) is 4.29. The summed E-state index contributed by atoms with van der Waals surface area (Å²) in [6, 6.07) is 4.46. The Labute approximate surface area is 108 Å². The first-order chi connectivity index (χ1) is 8.63. The number of benzene rings is 1. The van der Waals surface area contributed by atoms with E-state index in [9.17, 15) is 0 Å². The molecule has 1 fully saturated rings. The number of nitrogens with two attached hydrogens (primary N) is 1. The molecule has 0 amide bonds. The van der Waals surface area contributed by atoms with Gasteiger partial charge in [-0.25, -0.2) is 0 Å².